The Labute approximate surface area is 189 Å². The van der Waals surface area contributed by atoms with E-state index < -0.39 is 0 Å². The van der Waals surface area contributed by atoms with Crippen LogP contribution >= 0.6 is 24.8 Å². The molecule has 1 saturated heterocycles. The number of aryl methyl sites for hydroxylation is 1. The molecule has 30 heavy (non-hydrogen) atoms. The molecule has 1 aromatic carbocycles. The lowest BCUT2D eigenvalue weighted by molar-refractivity contribution is 0.249. The largest absolute Gasteiger partial charge is 0.491 e. The number of piperazine rings is 1. The Kier molecular flexibility index (Phi) is 8.72. The van der Waals surface area contributed by atoms with Gasteiger partial charge in [-0.2, -0.15) is 5.26 Å². The number of nitrogens with zero attached hydrogens (tertiary/aromatic N) is 6. The van der Waals surface area contributed by atoms with E-state index in [2.05, 4.69) is 42.7 Å². The van der Waals surface area contributed by atoms with E-state index >= 15 is 0 Å². The normalized spacial score (nSPS) is 13.9. The number of benzene rings is 1. The highest BCUT2D eigenvalue weighted by Gasteiger charge is 2.20. The van der Waals surface area contributed by atoms with Gasteiger partial charge in [-0.25, -0.2) is 9.97 Å². The van der Waals surface area contributed by atoms with E-state index in [1.54, 1.807) is 19.6 Å². The van der Waals surface area contributed by atoms with Gasteiger partial charge in [-0.1, -0.05) is 6.07 Å². The van der Waals surface area contributed by atoms with Gasteiger partial charge in [0.15, 0.2) is 11.6 Å². The Morgan fingerprint density at radius 2 is 1.90 bits per heavy atom. The molecule has 3 aromatic rings. The second-order valence-corrected chi connectivity index (χ2v) is 6.99. The van der Waals surface area contributed by atoms with E-state index in [1.807, 2.05) is 18.2 Å². The van der Waals surface area contributed by atoms with Gasteiger partial charge in [0.1, 0.15) is 6.33 Å². The third kappa shape index (κ3) is 5.14. The van der Waals surface area contributed by atoms with Crippen molar-refractivity contribution in [1.29, 1.82) is 5.26 Å². The van der Waals surface area contributed by atoms with Crippen LogP contribution in [0.1, 0.15) is 12.0 Å². The van der Waals surface area contributed by atoms with E-state index in [-0.39, 0.29) is 24.8 Å². The summed E-state index contributed by atoms with van der Waals surface area (Å²) in [7, 11) is 1.66. The Bertz CT molecular complexity index is 995. The summed E-state index contributed by atoms with van der Waals surface area (Å²) >= 11 is 0. The summed E-state index contributed by atoms with van der Waals surface area (Å²) < 4.78 is 7.63. The first-order chi connectivity index (χ1) is 13.8. The number of nitriles is 1. The highest BCUT2D eigenvalue weighted by atomic mass is 35.5. The van der Waals surface area contributed by atoms with E-state index in [9.17, 15) is 0 Å². The van der Waals surface area contributed by atoms with Gasteiger partial charge in [-0.05, 0) is 36.6 Å². The number of fused-ring (bicyclic) bond motifs is 1. The maximum Gasteiger partial charge on any atom is 0.179 e. The molecule has 0 unspecified atom stereocenters. The van der Waals surface area contributed by atoms with Gasteiger partial charge in [-0.3, -0.25) is 4.90 Å². The maximum absolute atomic E-state index is 9.12. The summed E-state index contributed by atoms with van der Waals surface area (Å²) in [6.45, 7) is 5.91. The first-order valence-electron chi connectivity index (χ1n) is 9.59. The number of hydrogen-bond donors (Lipinski definition) is 0. The minimum atomic E-state index is 0. The molecule has 7 nitrogen and oxygen atoms in total. The first-order valence-corrected chi connectivity index (χ1v) is 9.59. The highest BCUT2D eigenvalue weighted by Crippen LogP contribution is 2.24. The smallest absolute Gasteiger partial charge is 0.179 e. The number of rotatable bonds is 6. The molecule has 0 radical (unpaired) electrons. The molecule has 0 N–H and O–H groups in total. The van der Waals surface area contributed by atoms with Crippen molar-refractivity contribution in [3.05, 3.63) is 48.5 Å². The minimum Gasteiger partial charge on any atom is -0.491 e. The molecule has 1 fully saturated rings. The molecule has 0 spiro atoms. The molecule has 1 aliphatic rings. The average molecular weight is 449 g/mol. The Balaban J connectivity index is 0.00000160. The lowest BCUT2D eigenvalue weighted by Gasteiger charge is -2.35. The Morgan fingerprint density at radius 3 is 2.63 bits per heavy atom. The van der Waals surface area contributed by atoms with Crippen molar-refractivity contribution in [1.82, 2.24) is 19.4 Å². The Morgan fingerprint density at radius 1 is 1.10 bits per heavy atom. The quantitative estimate of drug-likeness (QED) is 0.575. The second-order valence-electron chi connectivity index (χ2n) is 6.99. The number of methoxy groups -OCH3 is 1. The number of halogens is 2. The fraction of sp³-hybridized carbons (Fsp3) is 0.381. The zero-order valence-electron chi connectivity index (χ0n) is 16.9. The first kappa shape index (κ1) is 23.7. The summed E-state index contributed by atoms with van der Waals surface area (Å²) in [4.78, 5) is 13.2. The van der Waals surface area contributed by atoms with Crippen LogP contribution in [0.25, 0.3) is 10.9 Å². The predicted octanol–water partition coefficient (Wildman–Crippen LogP) is 3.37. The molecule has 0 amide bonds. The minimum absolute atomic E-state index is 0. The van der Waals surface area contributed by atoms with E-state index in [0.717, 1.165) is 62.8 Å². The molecule has 1 aliphatic heterocycles. The van der Waals surface area contributed by atoms with Gasteiger partial charge in [0.05, 0.1) is 24.9 Å². The van der Waals surface area contributed by atoms with Crippen LogP contribution in [0.3, 0.4) is 0 Å². The summed E-state index contributed by atoms with van der Waals surface area (Å²) in [5.74, 6) is 1.61. The number of hydrogen-bond acceptors (Lipinski definition) is 6. The average Bonchev–Trinajstić information content (AvgIpc) is 3.16. The molecule has 0 atom stereocenters. The van der Waals surface area contributed by atoms with E-state index in [0.29, 0.717) is 5.56 Å². The summed E-state index contributed by atoms with van der Waals surface area (Å²) in [5, 5.41) is 10.3. The number of anilines is 1. The van der Waals surface area contributed by atoms with E-state index in [4.69, 9.17) is 10.00 Å². The van der Waals surface area contributed by atoms with Crippen molar-refractivity contribution in [3.63, 3.8) is 0 Å². The van der Waals surface area contributed by atoms with Crippen LogP contribution in [0, 0.1) is 11.3 Å². The summed E-state index contributed by atoms with van der Waals surface area (Å²) in [6.07, 6.45) is 6.49. The zero-order chi connectivity index (χ0) is 19.3. The van der Waals surface area contributed by atoms with Crippen molar-refractivity contribution in [2.45, 2.75) is 13.0 Å². The van der Waals surface area contributed by atoms with Gasteiger partial charge in [-0.15, -0.1) is 24.8 Å². The van der Waals surface area contributed by atoms with E-state index in [1.165, 1.54) is 5.39 Å². The molecule has 0 saturated carbocycles. The molecule has 0 aliphatic carbocycles. The van der Waals surface area contributed by atoms with Gasteiger partial charge in [0.25, 0.3) is 0 Å². The van der Waals surface area contributed by atoms with Crippen LogP contribution < -0.4 is 9.64 Å². The van der Waals surface area contributed by atoms with Gasteiger partial charge < -0.3 is 14.2 Å². The fourth-order valence-corrected chi connectivity index (χ4v) is 3.79. The van der Waals surface area contributed by atoms with Crippen LogP contribution in [-0.2, 0) is 6.54 Å². The molecule has 4 rings (SSSR count). The molecule has 0 bridgehead atoms. The maximum atomic E-state index is 9.12. The van der Waals surface area contributed by atoms with Gasteiger partial charge in [0.2, 0.25) is 0 Å². The monoisotopic (exact) mass is 448 g/mol. The van der Waals surface area contributed by atoms with Crippen LogP contribution in [0.2, 0.25) is 0 Å². The molecule has 2 aromatic heterocycles. The van der Waals surface area contributed by atoms with Crippen molar-refractivity contribution >= 4 is 41.5 Å². The highest BCUT2D eigenvalue weighted by molar-refractivity contribution is 5.85. The van der Waals surface area contributed by atoms with Gasteiger partial charge in [0, 0.05) is 44.4 Å². The molecule has 9 heteroatoms. The van der Waals surface area contributed by atoms with Crippen molar-refractivity contribution in [2.75, 3.05) is 44.7 Å². The SMILES string of the molecule is COc1cncnc1N1CCN(CCCn2ccc3ccc(C#N)cc32)CC1.Cl.Cl. The zero-order valence-corrected chi connectivity index (χ0v) is 18.5. The standard InChI is InChI=1S/C21H24N6O.2ClH/c1-28-20-15-23-16-24-21(20)27-11-9-25(10-12-27)6-2-7-26-8-5-18-4-3-17(14-22)13-19(18)26;;/h3-5,8,13,15-16H,2,6-7,9-12H2,1H3;2*1H. The molecular formula is C21H26Cl2N6O. The molecule has 3 heterocycles. The summed E-state index contributed by atoms with van der Waals surface area (Å²) in [6, 6.07) is 10.2. The second kappa shape index (κ2) is 11.0. The molecular weight excluding hydrogens is 423 g/mol. The predicted molar refractivity (Wildman–Crippen MR) is 123 cm³/mol. The topological polar surface area (TPSA) is 70.2 Å². The van der Waals surface area contributed by atoms with Crippen LogP contribution in [0.4, 0.5) is 5.82 Å². The fourth-order valence-electron chi connectivity index (χ4n) is 3.79. The Hall–Kier alpha value is -2.53. The summed E-state index contributed by atoms with van der Waals surface area (Å²) in [5.41, 5.74) is 1.85. The number of ether oxygens (including phenoxy) is 1. The van der Waals surface area contributed by atoms with Crippen LogP contribution in [0.5, 0.6) is 5.75 Å². The van der Waals surface area contributed by atoms with Crippen molar-refractivity contribution in [2.24, 2.45) is 0 Å². The van der Waals surface area contributed by atoms with Crippen molar-refractivity contribution < 1.29 is 4.74 Å². The third-order valence-electron chi connectivity index (χ3n) is 5.33. The third-order valence-corrected chi connectivity index (χ3v) is 5.33. The van der Waals surface area contributed by atoms with Crippen molar-refractivity contribution in [3.8, 4) is 11.8 Å². The van der Waals surface area contributed by atoms with Crippen LogP contribution in [-0.4, -0.2) is 59.3 Å². The van der Waals surface area contributed by atoms with Gasteiger partial charge >= 0.3 is 0 Å². The number of aromatic nitrogens is 3. The molecule has 160 valence electrons. The lowest BCUT2D eigenvalue weighted by atomic mass is 10.2. The lowest BCUT2D eigenvalue weighted by Crippen LogP contribution is -2.47. The van der Waals surface area contributed by atoms with Crippen LogP contribution in [0.15, 0.2) is 43.0 Å².